The van der Waals surface area contributed by atoms with E-state index in [1.54, 1.807) is 0 Å². The second-order valence-electron chi connectivity index (χ2n) is 5.60. The number of anilines is 1. The first-order valence-electron chi connectivity index (χ1n) is 6.98. The maximum atomic E-state index is 6.26. The van der Waals surface area contributed by atoms with Crippen LogP contribution in [0.4, 0.5) is 5.82 Å². The summed E-state index contributed by atoms with van der Waals surface area (Å²) in [6.07, 6.45) is 4.97. The quantitative estimate of drug-likeness (QED) is 0.783. The van der Waals surface area contributed by atoms with E-state index in [-0.39, 0.29) is 0 Å². The van der Waals surface area contributed by atoms with Gasteiger partial charge >= 0.3 is 0 Å². The maximum Gasteiger partial charge on any atom is 0.137 e. The van der Waals surface area contributed by atoms with Crippen molar-refractivity contribution in [3.63, 3.8) is 0 Å². The van der Waals surface area contributed by atoms with Gasteiger partial charge in [-0.25, -0.2) is 9.97 Å². The second-order valence-corrected chi connectivity index (χ2v) is 5.96. The molecule has 4 heteroatoms. The summed E-state index contributed by atoms with van der Waals surface area (Å²) in [6.45, 7) is 6.53. The minimum atomic E-state index is 0.562. The lowest BCUT2D eigenvalue weighted by molar-refractivity contribution is 0.568. The van der Waals surface area contributed by atoms with Gasteiger partial charge in [0.05, 0.1) is 0 Å². The number of nitrogens with zero attached hydrogens (tertiary/aromatic N) is 3. The second kappa shape index (κ2) is 4.69. The van der Waals surface area contributed by atoms with Crippen molar-refractivity contribution < 1.29 is 0 Å². The van der Waals surface area contributed by atoms with E-state index in [1.165, 1.54) is 25.7 Å². The molecule has 3 rings (SSSR count). The van der Waals surface area contributed by atoms with E-state index in [9.17, 15) is 0 Å². The lowest BCUT2D eigenvalue weighted by atomic mass is 10.1. The molecular formula is C14H20ClN3. The Bertz CT molecular complexity index is 457. The molecule has 1 atom stereocenters. The minimum Gasteiger partial charge on any atom is -0.356 e. The molecule has 1 saturated carbocycles. The third-order valence-corrected chi connectivity index (χ3v) is 4.55. The van der Waals surface area contributed by atoms with Crippen LogP contribution in [-0.2, 0) is 0 Å². The molecule has 0 amide bonds. The summed E-state index contributed by atoms with van der Waals surface area (Å²) in [5, 5.41) is 0.641. The van der Waals surface area contributed by atoms with Crippen molar-refractivity contribution in [2.24, 2.45) is 5.92 Å². The van der Waals surface area contributed by atoms with Gasteiger partial charge in [0.25, 0.3) is 0 Å². The summed E-state index contributed by atoms with van der Waals surface area (Å²) in [5.74, 6) is 3.40. The van der Waals surface area contributed by atoms with Gasteiger partial charge in [0.15, 0.2) is 0 Å². The molecule has 2 aliphatic rings. The van der Waals surface area contributed by atoms with Crippen molar-refractivity contribution in [1.82, 2.24) is 9.97 Å². The van der Waals surface area contributed by atoms with Crippen LogP contribution in [0, 0.1) is 12.8 Å². The van der Waals surface area contributed by atoms with Crippen molar-refractivity contribution in [3.8, 4) is 0 Å². The van der Waals surface area contributed by atoms with Crippen LogP contribution in [0.25, 0.3) is 0 Å². The van der Waals surface area contributed by atoms with Gasteiger partial charge in [-0.3, -0.25) is 0 Å². The smallest absolute Gasteiger partial charge is 0.137 e. The zero-order chi connectivity index (χ0) is 12.7. The fourth-order valence-corrected chi connectivity index (χ4v) is 2.86. The number of halogens is 1. The van der Waals surface area contributed by atoms with Gasteiger partial charge in [-0.2, -0.15) is 0 Å². The fraction of sp³-hybridized carbons (Fsp3) is 0.714. The van der Waals surface area contributed by atoms with Crippen molar-refractivity contribution in [2.45, 2.75) is 45.4 Å². The Labute approximate surface area is 114 Å². The van der Waals surface area contributed by atoms with Crippen LogP contribution in [0.3, 0.4) is 0 Å². The van der Waals surface area contributed by atoms with Crippen molar-refractivity contribution in [2.75, 3.05) is 18.0 Å². The Balaban J connectivity index is 1.90. The van der Waals surface area contributed by atoms with Crippen LogP contribution in [-0.4, -0.2) is 23.1 Å². The zero-order valence-electron chi connectivity index (χ0n) is 11.1. The van der Waals surface area contributed by atoms with Gasteiger partial charge in [-0.15, -0.1) is 0 Å². The molecule has 1 aliphatic carbocycles. The Kier molecular flexibility index (Phi) is 3.18. The normalized spacial score (nSPS) is 23.7. The highest BCUT2D eigenvalue weighted by Crippen LogP contribution is 2.40. The average Bonchev–Trinajstić information content (AvgIpc) is 3.11. The van der Waals surface area contributed by atoms with E-state index in [1.807, 2.05) is 6.92 Å². The lowest BCUT2D eigenvalue weighted by Crippen LogP contribution is -2.22. The van der Waals surface area contributed by atoms with E-state index < -0.39 is 0 Å². The van der Waals surface area contributed by atoms with E-state index >= 15 is 0 Å². The molecule has 0 spiro atoms. The first kappa shape index (κ1) is 12.2. The monoisotopic (exact) mass is 265 g/mol. The van der Waals surface area contributed by atoms with Crippen LogP contribution in [0.15, 0.2) is 0 Å². The summed E-state index contributed by atoms with van der Waals surface area (Å²) < 4.78 is 0. The summed E-state index contributed by atoms with van der Waals surface area (Å²) >= 11 is 6.26. The minimum absolute atomic E-state index is 0.562. The largest absolute Gasteiger partial charge is 0.356 e. The SMILES string of the molecule is CCC1CCN(c2nc(C3CC3)nc(Cl)c2C)C1. The highest BCUT2D eigenvalue weighted by molar-refractivity contribution is 6.30. The molecule has 3 nitrogen and oxygen atoms in total. The molecule has 2 heterocycles. The topological polar surface area (TPSA) is 29.0 Å². The van der Waals surface area contributed by atoms with Crippen LogP contribution in [0.5, 0.6) is 0 Å². The van der Waals surface area contributed by atoms with Crippen molar-refractivity contribution in [1.29, 1.82) is 0 Å². The van der Waals surface area contributed by atoms with E-state index in [2.05, 4.69) is 16.8 Å². The van der Waals surface area contributed by atoms with Gasteiger partial charge in [-0.05, 0) is 32.1 Å². The van der Waals surface area contributed by atoms with Crippen LogP contribution < -0.4 is 4.90 Å². The van der Waals surface area contributed by atoms with Crippen LogP contribution in [0.1, 0.15) is 49.9 Å². The van der Waals surface area contributed by atoms with Gasteiger partial charge in [-0.1, -0.05) is 24.9 Å². The third-order valence-electron chi connectivity index (χ3n) is 4.18. The fourth-order valence-electron chi connectivity index (χ4n) is 2.68. The Hall–Kier alpha value is -0.830. The standard InChI is InChI=1S/C14H20ClN3/c1-3-10-6-7-18(8-10)14-9(2)12(15)16-13(17-14)11-4-5-11/h10-11H,3-8H2,1-2H3. The van der Waals surface area contributed by atoms with Gasteiger partial charge in [0.2, 0.25) is 0 Å². The van der Waals surface area contributed by atoms with Gasteiger partial charge in [0.1, 0.15) is 16.8 Å². The van der Waals surface area contributed by atoms with E-state index in [0.717, 1.165) is 36.2 Å². The molecule has 98 valence electrons. The molecule has 18 heavy (non-hydrogen) atoms. The predicted octanol–water partition coefficient (Wildman–Crippen LogP) is 3.55. The average molecular weight is 266 g/mol. The third kappa shape index (κ3) is 2.20. The molecule has 1 saturated heterocycles. The Morgan fingerprint density at radius 2 is 2.06 bits per heavy atom. The molecule has 2 fully saturated rings. The van der Waals surface area contributed by atoms with Crippen LogP contribution >= 0.6 is 11.6 Å². The molecule has 1 unspecified atom stereocenters. The van der Waals surface area contributed by atoms with Crippen molar-refractivity contribution >= 4 is 17.4 Å². The molecule has 0 radical (unpaired) electrons. The molecular weight excluding hydrogens is 246 g/mol. The Morgan fingerprint density at radius 1 is 1.28 bits per heavy atom. The lowest BCUT2D eigenvalue weighted by Gasteiger charge is -2.20. The summed E-state index contributed by atoms with van der Waals surface area (Å²) in [5.41, 5.74) is 1.04. The molecule has 1 aromatic rings. The number of aromatic nitrogens is 2. The maximum absolute atomic E-state index is 6.26. The highest BCUT2D eigenvalue weighted by atomic mass is 35.5. The number of hydrogen-bond donors (Lipinski definition) is 0. The molecule has 0 N–H and O–H groups in total. The molecule has 1 aromatic heterocycles. The summed E-state index contributed by atoms with van der Waals surface area (Å²) in [7, 11) is 0. The first-order chi connectivity index (χ1) is 8.69. The predicted molar refractivity (Wildman–Crippen MR) is 74.4 cm³/mol. The zero-order valence-corrected chi connectivity index (χ0v) is 11.9. The summed E-state index contributed by atoms with van der Waals surface area (Å²) in [4.78, 5) is 11.6. The number of rotatable bonds is 3. The molecule has 0 bridgehead atoms. The highest BCUT2D eigenvalue weighted by Gasteiger charge is 2.30. The van der Waals surface area contributed by atoms with Gasteiger partial charge < -0.3 is 4.90 Å². The van der Waals surface area contributed by atoms with E-state index in [0.29, 0.717) is 11.1 Å². The summed E-state index contributed by atoms with van der Waals surface area (Å²) in [6, 6.07) is 0. The van der Waals surface area contributed by atoms with E-state index in [4.69, 9.17) is 16.6 Å². The Morgan fingerprint density at radius 3 is 2.67 bits per heavy atom. The van der Waals surface area contributed by atoms with Gasteiger partial charge in [0, 0.05) is 24.6 Å². The number of hydrogen-bond acceptors (Lipinski definition) is 3. The first-order valence-corrected chi connectivity index (χ1v) is 7.35. The molecule has 0 aromatic carbocycles. The molecule has 1 aliphatic heterocycles. The van der Waals surface area contributed by atoms with Crippen LogP contribution in [0.2, 0.25) is 5.15 Å². The van der Waals surface area contributed by atoms with Crippen molar-refractivity contribution in [3.05, 3.63) is 16.5 Å².